The summed E-state index contributed by atoms with van der Waals surface area (Å²) in [4.78, 5) is 46.4. The van der Waals surface area contributed by atoms with E-state index in [2.05, 4.69) is 35.6 Å². The van der Waals surface area contributed by atoms with E-state index in [1.807, 2.05) is 34.0 Å². The minimum atomic E-state index is -4.63. The number of carbonyl (C=O) groups excluding carboxylic acids is 3. The Kier molecular flexibility index (Phi) is 18.1. The van der Waals surface area contributed by atoms with Crippen molar-refractivity contribution in [3.8, 4) is 5.75 Å². The Morgan fingerprint density at radius 1 is 1.20 bits per heavy atom. The predicted molar refractivity (Wildman–Crippen MR) is 157 cm³/mol. The molecular weight excluding hydrogens is 561 g/mol. The quantitative estimate of drug-likeness (QED) is 0.162. The van der Waals surface area contributed by atoms with E-state index in [1.54, 1.807) is 20.0 Å². The highest BCUT2D eigenvalue weighted by Crippen LogP contribution is 2.25. The standard InChI is InChI=1S/C15H17N5O3S.C8H8F3NO.2C2H6/c1-9(15(24-2)16-6-3-7-21)19-14(23)12-10-4-5-11(22)20-13(10)18-8-17-12;1-12-6-3-2-4-7(5-6)13-8(9,10)11;2*1-2/h3,6-9H,4-5H2,1-2H3,(H,19,23)(H,17,18,20,22);2-5,12H,1H3;2*1-2H3/b6-3+,16-15?;;;. The molecule has 3 N–H and O–H groups in total. The summed E-state index contributed by atoms with van der Waals surface area (Å²) in [6.45, 7) is 9.79. The maximum Gasteiger partial charge on any atom is 0.573 e. The van der Waals surface area contributed by atoms with Crippen molar-refractivity contribution in [1.82, 2.24) is 15.3 Å². The maximum atomic E-state index is 12.5. The van der Waals surface area contributed by atoms with Crippen LogP contribution in [0.15, 0.2) is 47.9 Å². The molecule has 0 spiro atoms. The minimum Gasteiger partial charge on any atom is -0.406 e. The second kappa shape index (κ2) is 20.0. The average Bonchev–Trinajstić information content (AvgIpc) is 2.96. The van der Waals surface area contributed by atoms with Crippen LogP contribution in [-0.2, 0) is 16.0 Å². The molecule has 2 amide bonds. The van der Waals surface area contributed by atoms with Crippen LogP contribution in [0.3, 0.4) is 0 Å². The topological polar surface area (TPSA) is 135 Å². The molecule has 2 heterocycles. The summed E-state index contributed by atoms with van der Waals surface area (Å²) >= 11 is 1.37. The highest BCUT2D eigenvalue weighted by molar-refractivity contribution is 8.13. The molecule has 0 bridgehead atoms. The zero-order valence-electron chi connectivity index (χ0n) is 24.1. The van der Waals surface area contributed by atoms with E-state index in [0.29, 0.717) is 41.2 Å². The summed E-state index contributed by atoms with van der Waals surface area (Å²) in [6.07, 6.45) is 2.45. The van der Waals surface area contributed by atoms with Crippen molar-refractivity contribution in [1.29, 1.82) is 0 Å². The molecule has 10 nitrogen and oxygen atoms in total. The number of aromatic nitrogens is 2. The molecule has 2 aromatic rings. The van der Waals surface area contributed by atoms with Gasteiger partial charge in [-0.05, 0) is 37.8 Å². The van der Waals surface area contributed by atoms with Gasteiger partial charge in [0, 0.05) is 37.0 Å². The number of ether oxygens (including phenoxy) is 1. The fraction of sp³-hybridized carbons (Fsp3) is 0.407. The normalized spacial score (nSPS) is 12.9. The molecule has 1 aromatic carbocycles. The van der Waals surface area contributed by atoms with Gasteiger partial charge < -0.3 is 20.7 Å². The van der Waals surface area contributed by atoms with E-state index in [1.165, 1.54) is 48.6 Å². The van der Waals surface area contributed by atoms with Crippen LogP contribution >= 0.6 is 11.8 Å². The number of benzene rings is 1. The highest BCUT2D eigenvalue weighted by atomic mass is 32.2. The first kappa shape index (κ1) is 37.1. The number of alkyl halides is 3. The third-order valence-electron chi connectivity index (χ3n) is 4.67. The lowest BCUT2D eigenvalue weighted by Crippen LogP contribution is -2.38. The summed E-state index contributed by atoms with van der Waals surface area (Å²) in [5, 5.41) is 8.81. The number of aliphatic imine (C=N–C) groups is 1. The summed E-state index contributed by atoms with van der Waals surface area (Å²) in [5.41, 5.74) is 1.45. The third-order valence-corrected chi connectivity index (χ3v) is 5.55. The van der Waals surface area contributed by atoms with E-state index in [0.717, 1.165) is 0 Å². The Bertz CT molecular complexity index is 1180. The molecule has 0 saturated heterocycles. The van der Waals surface area contributed by atoms with Crippen LogP contribution in [0.2, 0.25) is 0 Å². The number of carbonyl (C=O) groups is 3. The largest absolute Gasteiger partial charge is 0.573 e. The van der Waals surface area contributed by atoms with Crippen LogP contribution in [0, 0.1) is 0 Å². The van der Waals surface area contributed by atoms with Gasteiger partial charge in [-0.15, -0.1) is 24.9 Å². The van der Waals surface area contributed by atoms with E-state index in [4.69, 9.17) is 0 Å². The number of hydrogen-bond donors (Lipinski definition) is 3. The second-order valence-electron chi connectivity index (χ2n) is 7.27. The second-order valence-corrected chi connectivity index (χ2v) is 8.09. The van der Waals surface area contributed by atoms with Crippen LogP contribution in [0.4, 0.5) is 24.7 Å². The lowest BCUT2D eigenvalue weighted by atomic mass is 10.0. The van der Waals surface area contributed by atoms with E-state index in [-0.39, 0.29) is 29.3 Å². The van der Waals surface area contributed by atoms with Crippen molar-refractivity contribution in [2.45, 2.75) is 59.9 Å². The number of rotatable bonds is 7. The minimum absolute atomic E-state index is 0.125. The molecule has 1 aliphatic heterocycles. The molecule has 0 radical (unpaired) electrons. The van der Waals surface area contributed by atoms with Gasteiger partial charge in [0.25, 0.3) is 5.91 Å². The molecule has 1 aromatic heterocycles. The number of aldehydes is 1. The van der Waals surface area contributed by atoms with Gasteiger partial charge in [-0.3, -0.25) is 19.4 Å². The van der Waals surface area contributed by atoms with Gasteiger partial charge in [0.2, 0.25) is 5.91 Å². The molecular formula is C27H37F3N6O4S. The van der Waals surface area contributed by atoms with Crippen molar-refractivity contribution in [3.05, 3.63) is 54.1 Å². The highest BCUT2D eigenvalue weighted by Gasteiger charge is 2.31. The van der Waals surface area contributed by atoms with Crippen molar-refractivity contribution >= 4 is 46.4 Å². The molecule has 41 heavy (non-hydrogen) atoms. The van der Waals surface area contributed by atoms with Crippen LogP contribution in [0.5, 0.6) is 5.75 Å². The van der Waals surface area contributed by atoms with Crippen LogP contribution < -0.4 is 20.7 Å². The van der Waals surface area contributed by atoms with Crippen LogP contribution in [0.1, 0.15) is 57.1 Å². The lowest BCUT2D eigenvalue weighted by molar-refractivity contribution is -0.274. The first-order chi connectivity index (χ1) is 19.6. The third kappa shape index (κ3) is 13.8. The van der Waals surface area contributed by atoms with E-state index < -0.39 is 6.36 Å². The molecule has 0 aliphatic carbocycles. The van der Waals surface area contributed by atoms with Gasteiger partial charge in [0.05, 0.1) is 11.1 Å². The molecule has 1 aliphatic rings. The zero-order chi connectivity index (χ0) is 31.4. The summed E-state index contributed by atoms with van der Waals surface area (Å²) in [5.74, 6) is -0.329. The number of halogens is 3. The number of anilines is 2. The SMILES string of the molecule is CC.CC.CNc1cccc(OC(F)(F)F)c1.CSC(=N/C=C/C=O)C(C)NC(=O)c1ncnc2c1CCC(=O)N2. The number of thioether (sulfide) groups is 1. The molecule has 1 unspecified atom stereocenters. The van der Waals surface area contributed by atoms with Gasteiger partial charge in [-0.1, -0.05) is 33.8 Å². The van der Waals surface area contributed by atoms with E-state index in [9.17, 15) is 27.6 Å². The molecule has 0 saturated carbocycles. The zero-order valence-corrected chi connectivity index (χ0v) is 24.9. The number of hydrogen-bond acceptors (Lipinski definition) is 9. The Hall–Kier alpha value is -3.94. The smallest absolute Gasteiger partial charge is 0.406 e. The molecule has 0 fully saturated rings. The Labute approximate surface area is 242 Å². The lowest BCUT2D eigenvalue weighted by Gasteiger charge is -2.19. The number of amides is 2. The molecule has 14 heteroatoms. The summed E-state index contributed by atoms with van der Waals surface area (Å²) in [7, 11) is 1.62. The maximum absolute atomic E-state index is 12.5. The van der Waals surface area contributed by atoms with Crippen LogP contribution in [0.25, 0.3) is 0 Å². The first-order valence-electron chi connectivity index (χ1n) is 12.8. The summed E-state index contributed by atoms with van der Waals surface area (Å²) < 4.78 is 38.9. The van der Waals surface area contributed by atoms with Gasteiger partial charge in [-0.25, -0.2) is 9.97 Å². The number of allylic oxidation sites excluding steroid dienone is 1. The fourth-order valence-electron chi connectivity index (χ4n) is 3.05. The number of nitrogens with zero attached hydrogens (tertiary/aromatic N) is 3. The molecule has 1 atom stereocenters. The average molecular weight is 599 g/mol. The number of nitrogens with one attached hydrogen (secondary N) is 3. The van der Waals surface area contributed by atoms with E-state index >= 15 is 0 Å². The van der Waals surface area contributed by atoms with Gasteiger partial charge in [0.1, 0.15) is 29.9 Å². The Morgan fingerprint density at radius 3 is 2.46 bits per heavy atom. The monoisotopic (exact) mass is 598 g/mol. The van der Waals surface area contributed by atoms with Crippen molar-refractivity contribution < 1.29 is 32.3 Å². The first-order valence-corrected chi connectivity index (χ1v) is 14.0. The van der Waals surface area contributed by atoms with Crippen molar-refractivity contribution in [2.75, 3.05) is 23.9 Å². The number of fused-ring (bicyclic) bond motifs is 1. The molecule has 3 rings (SSSR count). The Morgan fingerprint density at radius 2 is 1.88 bits per heavy atom. The van der Waals surface area contributed by atoms with Gasteiger partial charge in [-0.2, -0.15) is 0 Å². The molecule has 226 valence electrons. The van der Waals surface area contributed by atoms with Gasteiger partial charge >= 0.3 is 6.36 Å². The predicted octanol–water partition coefficient (Wildman–Crippen LogP) is 5.63. The Balaban J connectivity index is 0.000000794. The van der Waals surface area contributed by atoms with Crippen LogP contribution in [-0.4, -0.2) is 58.8 Å². The van der Waals surface area contributed by atoms with Gasteiger partial charge in [0.15, 0.2) is 0 Å². The van der Waals surface area contributed by atoms with Crippen molar-refractivity contribution in [3.63, 3.8) is 0 Å². The fourth-order valence-corrected chi connectivity index (χ4v) is 3.63. The summed E-state index contributed by atoms with van der Waals surface area (Å²) in [6, 6.07) is 5.28. The van der Waals surface area contributed by atoms with Crippen molar-refractivity contribution in [2.24, 2.45) is 4.99 Å².